The fourth-order valence-corrected chi connectivity index (χ4v) is 1.88. The van der Waals surface area contributed by atoms with E-state index >= 15 is 0 Å². The Kier molecular flexibility index (Phi) is 2.67. The van der Waals surface area contributed by atoms with Gasteiger partial charge in [-0.25, -0.2) is 4.79 Å². The minimum absolute atomic E-state index is 0.235. The van der Waals surface area contributed by atoms with Crippen LogP contribution >= 0.6 is 0 Å². The van der Waals surface area contributed by atoms with E-state index in [1.165, 1.54) is 6.07 Å². The van der Waals surface area contributed by atoms with Gasteiger partial charge in [-0.3, -0.25) is 4.79 Å². The number of fused-ring (bicyclic) bond motifs is 1. The van der Waals surface area contributed by atoms with Crippen LogP contribution in [0, 0.1) is 0 Å². The number of ether oxygens (including phenoxy) is 1. The number of nitrogens with one attached hydrogen (secondary N) is 1. The number of carboxylic acid groups (broad SMARTS) is 1. The fourth-order valence-electron chi connectivity index (χ4n) is 1.88. The Labute approximate surface area is 113 Å². The van der Waals surface area contributed by atoms with Crippen LogP contribution in [0.25, 0.3) is 11.3 Å². The van der Waals surface area contributed by atoms with Crippen molar-refractivity contribution in [2.45, 2.75) is 13.0 Å². The van der Waals surface area contributed by atoms with Gasteiger partial charge >= 0.3 is 5.97 Å². The molecule has 3 rings (SSSR count). The lowest BCUT2D eigenvalue weighted by atomic mass is 10.1. The minimum atomic E-state index is -1.19. The lowest BCUT2D eigenvalue weighted by Gasteiger charge is -2.23. The summed E-state index contributed by atoms with van der Waals surface area (Å²) in [6.45, 7) is 1.66. The third-order valence-electron chi connectivity index (χ3n) is 2.93. The first kappa shape index (κ1) is 12.2. The third kappa shape index (κ3) is 1.99. The predicted octanol–water partition coefficient (Wildman–Crippen LogP) is 1.76. The average Bonchev–Trinajstić information content (AvgIpc) is 2.89. The van der Waals surface area contributed by atoms with E-state index in [2.05, 4.69) is 10.5 Å². The summed E-state index contributed by atoms with van der Waals surface area (Å²) >= 11 is 0. The molecule has 1 aliphatic heterocycles. The van der Waals surface area contributed by atoms with Crippen LogP contribution in [0.5, 0.6) is 5.75 Å². The molecule has 0 radical (unpaired) electrons. The highest BCUT2D eigenvalue weighted by molar-refractivity contribution is 5.98. The number of anilines is 1. The molecule has 20 heavy (non-hydrogen) atoms. The van der Waals surface area contributed by atoms with Gasteiger partial charge in [0.1, 0.15) is 11.4 Å². The fraction of sp³-hybridized carbons (Fsp3) is 0.154. The maximum Gasteiger partial charge on any atom is 0.374 e. The Hall–Kier alpha value is -2.83. The summed E-state index contributed by atoms with van der Waals surface area (Å²) in [4.78, 5) is 22.3. The molecule has 7 nitrogen and oxygen atoms in total. The molecule has 102 valence electrons. The maximum absolute atomic E-state index is 11.6. The molecular weight excluding hydrogens is 264 g/mol. The maximum atomic E-state index is 11.6. The van der Waals surface area contributed by atoms with Crippen LogP contribution in [-0.4, -0.2) is 28.2 Å². The zero-order valence-electron chi connectivity index (χ0n) is 10.4. The summed E-state index contributed by atoms with van der Waals surface area (Å²) < 4.78 is 10.1. The van der Waals surface area contributed by atoms with Crippen molar-refractivity contribution in [3.8, 4) is 17.0 Å². The van der Waals surface area contributed by atoms with Gasteiger partial charge in [-0.05, 0) is 25.1 Å². The highest BCUT2D eigenvalue weighted by Crippen LogP contribution is 2.33. The number of carboxylic acids is 1. The number of aromatic nitrogens is 1. The molecule has 0 bridgehead atoms. The molecule has 0 saturated carbocycles. The largest absolute Gasteiger partial charge is 0.479 e. The number of amides is 1. The van der Waals surface area contributed by atoms with E-state index in [4.69, 9.17) is 14.4 Å². The van der Waals surface area contributed by atoms with Crippen molar-refractivity contribution >= 4 is 17.6 Å². The van der Waals surface area contributed by atoms with E-state index in [1.54, 1.807) is 25.1 Å². The number of nitrogens with zero attached hydrogens (tertiary/aromatic N) is 1. The Morgan fingerprint density at radius 3 is 2.90 bits per heavy atom. The SMILES string of the molecule is CC1Oc2ccc(-c3cc(C(=O)O)on3)cc2NC1=O. The quantitative estimate of drug-likeness (QED) is 0.865. The van der Waals surface area contributed by atoms with Crippen LogP contribution in [0.1, 0.15) is 17.5 Å². The first-order chi connectivity index (χ1) is 9.54. The molecule has 0 saturated heterocycles. The molecule has 7 heteroatoms. The molecule has 0 aliphatic carbocycles. The molecular formula is C13H10N2O5. The Bertz CT molecular complexity index is 707. The average molecular weight is 274 g/mol. The molecule has 2 heterocycles. The summed E-state index contributed by atoms with van der Waals surface area (Å²) in [6.07, 6.45) is -0.543. The van der Waals surface area contributed by atoms with E-state index in [1.807, 2.05) is 0 Å². The van der Waals surface area contributed by atoms with Crippen molar-refractivity contribution in [2.24, 2.45) is 0 Å². The predicted molar refractivity (Wildman–Crippen MR) is 67.6 cm³/mol. The zero-order valence-corrected chi connectivity index (χ0v) is 10.4. The highest BCUT2D eigenvalue weighted by atomic mass is 16.5. The van der Waals surface area contributed by atoms with Crippen LogP contribution < -0.4 is 10.1 Å². The van der Waals surface area contributed by atoms with E-state index in [9.17, 15) is 9.59 Å². The summed E-state index contributed by atoms with van der Waals surface area (Å²) in [6, 6.07) is 6.38. The van der Waals surface area contributed by atoms with E-state index in [0.717, 1.165) is 0 Å². The summed E-state index contributed by atoms with van der Waals surface area (Å²) in [5, 5.41) is 15.2. The van der Waals surface area contributed by atoms with E-state index in [-0.39, 0.29) is 11.7 Å². The van der Waals surface area contributed by atoms with Gasteiger partial charge in [-0.2, -0.15) is 0 Å². The standard InChI is InChI=1S/C13H10N2O5/c1-6-12(16)14-9-4-7(2-3-10(9)19-6)8-5-11(13(17)18)20-15-8/h2-6H,1H3,(H,14,16)(H,17,18). The van der Waals surface area contributed by atoms with Crippen molar-refractivity contribution in [3.05, 3.63) is 30.0 Å². The van der Waals surface area contributed by atoms with E-state index in [0.29, 0.717) is 22.7 Å². The minimum Gasteiger partial charge on any atom is -0.479 e. The molecule has 2 aromatic rings. The number of carbonyl (C=O) groups is 2. The van der Waals surface area contributed by atoms with Gasteiger partial charge < -0.3 is 19.7 Å². The van der Waals surface area contributed by atoms with Crippen LogP contribution in [-0.2, 0) is 4.79 Å². The summed E-state index contributed by atoms with van der Waals surface area (Å²) in [5.74, 6) is -1.11. The molecule has 1 amide bonds. The molecule has 1 atom stereocenters. The summed E-state index contributed by atoms with van der Waals surface area (Å²) in [7, 11) is 0. The number of hydrogen-bond donors (Lipinski definition) is 2. The Morgan fingerprint density at radius 2 is 2.20 bits per heavy atom. The van der Waals surface area contributed by atoms with Crippen molar-refractivity contribution in [2.75, 3.05) is 5.32 Å². The van der Waals surface area contributed by atoms with Crippen LogP contribution in [0.3, 0.4) is 0 Å². The number of benzene rings is 1. The van der Waals surface area contributed by atoms with Crippen molar-refractivity contribution in [1.82, 2.24) is 5.16 Å². The number of rotatable bonds is 2. The van der Waals surface area contributed by atoms with Gasteiger partial charge in [0.25, 0.3) is 5.91 Å². The lowest BCUT2D eigenvalue weighted by Crippen LogP contribution is -2.34. The van der Waals surface area contributed by atoms with Gasteiger partial charge in [0.15, 0.2) is 6.10 Å². The second-order valence-electron chi connectivity index (χ2n) is 4.34. The van der Waals surface area contributed by atoms with Crippen molar-refractivity contribution in [1.29, 1.82) is 0 Å². The molecule has 1 aromatic heterocycles. The summed E-state index contributed by atoms with van der Waals surface area (Å²) in [5.41, 5.74) is 1.52. The van der Waals surface area contributed by atoms with Gasteiger partial charge in [0.2, 0.25) is 5.76 Å². The third-order valence-corrected chi connectivity index (χ3v) is 2.93. The number of hydrogen-bond acceptors (Lipinski definition) is 5. The monoisotopic (exact) mass is 274 g/mol. The van der Waals surface area contributed by atoms with Gasteiger partial charge in [-0.15, -0.1) is 0 Å². The van der Waals surface area contributed by atoms with Gasteiger partial charge in [0, 0.05) is 11.6 Å². The molecule has 2 N–H and O–H groups in total. The first-order valence-electron chi connectivity index (χ1n) is 5.86. The smallest absolute Gasteiger partial charge is 0.374 e. The Balaban J connectivity index is 1.97. The molecule has 0 spiro atoms. The van der Waals surface area contributed by atoms with Gasteiger partial charge in [-0.1, -0.05) is 5.16 Å². The van der Waals surface area contributed by atoms with Crippen molar-refractivity contribution < 1.29 is 24.0 Å². The number of aromatic carboxylic acids is 1. The van der Waals surface area contributed by atoms with Gasteiger partial charge in [0.05, 0.1) is 5.69 Å². The van der Waals surface area contributed by atoms with Crippen LogP contribution in [0.15, 0.2) is 28.8 Å². The number of carbonyl (C=O) groups excluding carboxylic acids is 1. The Morgan fingerprint density at radius 1 is 1.40 bits per heavy atom. The second-order valence-corrected chi connectivity index (χ2v) is 4.34. The van der Waals surface area contributed by atoms with Crippen LogP contribution in [0.2, 0.25) is 0 Å². The highest BCUT2D eigenvalue weighted by Gasteiger charge is 2.24. The lowest BCUT2D eigenvalue weighted by molar-refractivity contribution is -0.122. The molecule has 1 unspecified atom stereocenters. The zero-order chi connectivity index (χ0) is 14.3. The van der Waals surface area contributed by atoms with Crippen molar-refractivity contribution in [3.63, 3.8) is 0 Å². The first-order valence-corrected chi connectivity index (χ1v) is 5.86. The normalized spacial score (nSPS) is 17.1. The topological polar surface area (TPSA) is 102 Å². The van der Waals surface area contributed by atoms with E-state index < -0.39 is 12.1 Å². The molecule has 1 aromatic carbocycles. The van der Waals surface area contributed by atoms with Crippen LogP contribution in [0.4, 0.5) is 5.69 Å². The molecule has 0 fully saturated rings. The molecule has 1 aliphatic rings. The second kappa shape index (κ2) is 4.37.